The van der Waals surface area contributed by atoms with Crippen LogP contribution in [0.2, 0.25) is 0 Å². The highest BCUT2D eigenvalue weighted by molar-refractivity contribution is 8.00. The van der Waals surface area contributed by atoms with E-state index >= 15 is 0 Å². The first-order chi connectivity index (χ1) is 11.8. The number of benzene rings is 1. The fourth-order valence-corrected chi connectivity index (χ4v) is 4.11. The zero-order chi connectivity index (χ0) is 18.1. The number of carbonyl (C=O) groups is 1. The molecule has 1 aromatic heterocycles. The molecule has 0 saturated carbocycles. The van der Waals surface area contributed by atoms with Crippen LogP contribution in [0.25, 0.3) is 0 Å². The van der Waals surface area contributed by atoms with Crippen LogP contribution in [-0.4, -0.2) is 21.1 Å². The number of amides is 1. The number of carbonyl (C=O) groups excluding carboxylic acids is 1. The van der Waals surface area contributed by atoms with E-state index in [9.17, 15) is 9.59 Å². The average Bonchev–Trinajstić information content (AvgIpc) is 2.99. The number of thioether (sulfide) groups is 1. The minimum atomic E-state index is -0.359. The molecule has 0 bridgehead atoms. The molecule has 1 aliphatic carbocycles. The summed E-state index contributed by atoms with van der Waals surface area (Å²) in [5.74, 6) is -0.0943. The van der Waals surface area contributed by atoms with Gasteiger partial charge < -0.3 is 10.3 Å². The summed E-state index contributed by atoms with van der Waals surface area (Å²) in [5, 5.41) is 3.17. The van der Waals surface area contributed by atoms with E-state index in [1.54, 1.807) is 0 Å². The molecule has 132 valence electrons. The van der Waals surface area contributed by atoms with Crippen molar-refractivity contribution < 1.29 is 4.79 Å². The van der Waals surface area contributed by atoms with Crippen LogP contribution in [-0.2, 0) is 17.6 Å². The fraction of sp³-hybridized carbons (Fsp3) is 0.421. The van der Waals surface area contributed by atoms with Gasteiger partial charge >= 0.3 is 0 Å². The van der Waals surface area contributed by atoms with Crippen molar-refractivity contribution in [1.29, 1.82) is 0 Å². The van der Waals surface area contributed by atoms with Crippen molar-refractivity contribution >= 4 is 23.4 Å². The fourth-order valence-electron chi connectivity index (χ4n) is 3.30. The molecule has 1 amide bonds. The van der Waals surface area contributed by atoms with Gasteiger partial charge in [0.05, 0.1) is 10.9 Å². The second-order valence-corrected chi connectivity index (χ2v) is 8.00. The number of nitrogens with zero attached hydrogens (tertiary/aromatic N) is 1. The van der Waals surface area contributed by atoms with Crippen molar-refractivity contribution in [2.75, 3.05) is 5.32 Å². The molecule has 2 N–H and O–H groups in total. The molecule has 6 heteroatoms. The maximum absolute atomic E-state index is 12.6. The van der Waals surface area contributed by atoms with Crippen LogP contribution in [0.1, 0.15) is 41.3 Å². The van der Waals surface area contributed by atoms with Crippen LogP contribution in [0.3, 0.4) is 0 Å². The number of fused-ring (bicyclic) bond motifs is 1. The van der Waals surface area contributed by atoms with Crippen LogP contribution in [0, 0.1) is 20.8 Å². The summed E-state index contributed by atoms with van der Waals surface area (Å²) in [6.45, 7) is 7.85. The third-order valence-electron chi connectivity index (χ3n) is 4.50. The number of aromatic amines is 1. The van der Waals surface area contributed by atoms with Gasteiger partial charge in [-0.3, -0.25) is 9.59 Å². The van der Waals surface area contributed by atoms with Crippen LogP contribution in [0.5, 0.6) is 0 Å². The molecule has 0 aliphatic heterocycles. The van der Waals surface area contributed by atoms with Crippen LogP contribution < -0.4 is 10.9 Å². The summed E-state index contributed by atoms with van der Waals surface area (Å²) < 4.78 is 0. The van der Waals surface area contributed by atoms with Crippen molar-refractivity contribution in [3.05, 3.63) is 50.4 Å². The molecule has 5 nitrogen and oxygen atoms in total. The lowest BCUT2D eigenvalue weighted by Gasteiger charge is -2.16. The van der Waals surface area contributed by atoms with E-state index in [-0.39, 0.29) is 16.7 Å². The molecular weight excluding hydrogens is 334 g/mol. The normalized spacial score (nSPS) is 14.2. The maximum Gasteiger partial charge on any atom is 0.254 e. The summed E-state index contributed by atoms with van der Waals surface area (Å²) >= 11 is 1.29. The van der Waals surface area contributed by atoms with Crippen molar-refractivity contribution in [1.82, 2.24) is 9.97 Å². The number of aromatic nitrogens is 2. The van der Waals surface area contributed by atoms with Gasteiger partial charge in [0.2, 0.25) is 5.91 Å². The highest BCUT2D eigenvalue weighted by atomic mass is 32.2. The predicted octanol–water partition coefficient (Wildman–Crippen LogP) is 3.30. The molecule has 1 aromatic carbocycles. The van der Waals surface area contributed by atoms with E-state index in [0.29, 0.717) is 5.16 Å². The minimum Gasteiger partial charge on any atom is -0.325 e. The number of anilines is 1. The van der Waals surface area contributed by atoms with Crippen molar-refractivity contribution in [2.24, 2.45) is 0 Å². The van der Waals surface area contributed by atoms with Crippen LogP contribution >= 0.6 is 11.8 Å². The molecule has 0 saturated heterocycles. The van der Waals surface area contributed by atoms with Gasteiger partial charge in [-0.25, -0.2) is 4.98 Å². The smallest absolute Gasteiger partial charge is 0.254 e. The zero-order valence-corrected chi connectivity index (χ0v) is 15.8. The summed E-state index contributed by atoms with van der Waals surface area (Å²) in [6, 6.07) is 4.11. The number of rotatable bonds is 4. The van der Waals surface area contributed by atoms with Gasteiger partial charge in [0.15, 0.2) is 5.16 Å². The highest BCUT2D eigenvalue weighted by Crippen LogP contribution is 2.26. The molecule has 0 fully saturated rings. The third-order valence-corrected chi connectivity index (χ3v) is 5.49. The molecule has 25 heavy (non-hydrogen) atoms. The van der Waals surface area contributed by atoms with E-state index in [0.717, 1.165) is 47.3 Å². The second-order valence-electron chi connectivity index (χ2n) is 6.67. The van der Waals surface area contributed by atoms with E-state index in [1.165, 1.54) is 17.3 Å². The average molecular weight is 357 g/mol. The van der Waals surface area contributed by atoms with Crippen molar-refractivity contribution in [3.63, 3.8) is 0 Å². The predicted molar refractivity (Wildman–Crippen MR) is 101 cm³/mol. The summed E-state index contributed by atoms with van der Waals surface area (Å²) in [4.78, 5) is 32.0. The Labute approximate surface area is 151 Å². The minimum absolute atomic E-state index is 0.0668. The lowest BCUT2D eigenvalue weighted by molar-refractivity contribution is -0.115. The molecule has 1 atom stereocenters. The highest BCUT2D eigenvalue weighted by Gasteiger charge is 2.21. The molecule has 0 spiro atoms. The van der Waals surface area contributed by atoms with E-state index in [1.807, 2.05) is 27.7 Å². The summed E-state index contributed by atoms with van der Waals surface area (Å²) in [5.41, 5.74) is 5.74. The van der Waals surface area contributed by atoms with Crippen LogP contribution in [0.4, 0.5) is 5.69 Å². The van der Waals surface area contributed by atoms with Gasteiger partial charge in [-0.05, 0) is 58.1 Å². The van der Waals surface area contributed by atoms with Gasteiger partial charge in [-0.2, -0.15) is 0 Å². The standard InChI is InChI=1S/C19H23N3O2S/c1-10-8-11(2)16(12(3)9-10)21-17(23)13(4)25-19-20-15-7-5-6-14(15)18(24)22-19/h8-9,13H,5-7H2,1-4H3,(H,21,23)(H,20,22,24)/t13-/m0/s1. The monoisotopic (exact) mass is 357 g/mol. The van der Waals surface area contributed by atoms with Gasteiger partial charge in [-0.1, -0.05) is 29.5 Å². The third kappa shape index (κ3) is 3.79. The molecule has 0 radical (unpaired) electrons. The summed E-state index contributed by atoms with van der Waals surface area (Å²) in [6.07, 6.45) is 2.61. The van der Waals surface area contributed by atoms with E-state index in [4.69, 9.17) is 0 Å². The van der Waals surface area contributed by atoms with Crippen molar-refractivity contribution in [2.45, 2.75) is 57.4 Å². The Hall–Kier alpha value is -2.08. The Morgan fingerprint density at radius 1 is 1.24 bits per heavy atom. The van der Waals surface area contributed by atoms with Gasteiger partial charge in [0.1, 0.15) is 0 Å². The summed E-state index contributed by atoms with van der Waals surface area (Å²) in [7, 11) is 0. The Kier molecular flexibility index (Phi) is 4.99. The van der Waals surface area contributed by atoms with E-state index in [2.05, 4.69) is 27.4 Å². The van der Waals surface area contributed by atoms with Gasteiger partial charge in [0.25, 0.3) is 5.56 Å². The molecule has 1 heterocycles. The maximum atomic E-state index is 12.6. The number of aryl methyl sites for hydroxylation is 4. The lowest BCUT2D eigenvalue weighted by atomic mass is 10.1. The quantitative estimate of drug-likeness (QED) is 0.650. The Bertz CT molecular complexity index is 866. The first kappa shape index (κ1) is 17.7. The Morgan fingerprint density at radius 3 is 2.60 bits per heavy atom. The molecule has 0 unspecified atom stereocenters. The number of nitrogens with one attached hydrogen (secondary N) is 2. The Morgan fingerprint density at radius 2 is 1.92 bits per heavy atom. The van der Waals surface area contributed by atoms with Gasteiger partial charge in [-0.15, -0.1) is 0 Å². The first-order valence-electron chi connectivity index (χ1n) is 8.52. The van der Waals surface area contributed by atoms with E-state index < -0.39 is 0 Å². The molecule has 2 aromatic rings. The Balaban J connectivity index is 1.74. The number of hydrogen-bond donors (Lipinski definition) is 2. The first-order valence-corrected chi connectivity index (χ1v) is 9.40. The second kappa shape index (κ2) is 7.04. The largest absolute Gasteiger partial charge is 0.325 e. The lowest BCUT2D eigenvalue weighted by Crippen LogP contribution is -2.24. The van der Waals surface area contributed by atoms with Crippen LogP contribution in [0.15, 0.2) is 22.1 Å². The zero-order valence-electron chi connectivity index (χ0n) is 15.0. The molecular formula is C19H23N3O2S. The molecule has 1 aliphatic rings. The van der Waals surface area contributed by atoms with Crippen molar-refractivity contribution in [3.8, 4) is 0 Å². The van der Waals surface area contributed by atoms with Gasteiger partial charge in [0, 0.05) is 11.3 Å². The number of H-pyrrole nitrogens is 1. The number of hydrogen-bond acceptors (Lipinski definition) is 4. The SMILES string of the molecule is Cc1cc(C)c(NC(=O)[C@H](C)Sc2nc3c(c(=O)[nH]2)CCC3)c(C)c1. The topological polar surface area (TPSA) is 74.8 Å². The molecule has 3 rings (SSSR count).